The molecule has 3 heteroatoms. The summed E-state index contributed by atoms with van der Waals surface area (Å²) in [6.07, 6.45) is 4.38. The highest BCUT2D eigenvalue weighted by Crippen LogP contribution is 2.26. The van der Waals surface area contributed by atoms with Crippen LogP contribution in [0.3, 0.4) is 0 Å². The Bertz CT molecular complexity index is 382. The Kier molecular flexibility index (Phi) is 6.56. The minimum absolute atomic E-state index is 0.405. The highest BCUT2D eigenvalue weighted by atomic mass is 15.3. The molecule has 2 unspecified atom stereocenters. The monoisotopic (exact) mass is 265 g/mol. The van der Waals surface area contributed by atoms with Crippen LogP contribution in [0.2, 0.25) is 0 Å². The van der Waals surface area contributed by atoms with Crippen molar-refractivity contribution in [3.05, 3.63) is 17.0 Å². The molecule has 1 rings (SSSR count). The van der Waals surface area contributed by atoms with Crippen molar-refractivity contribution in [3.63, 3.8) is 0 Å². The van der Waals surface area contributed by atoms with Gasteiger partial charge in [0.15, 0.2) is 0 Å². The molecule has 0 aromatic carbocycles. The minimum atomic E-state index is 0.405. The first-order valence-corrected chi connectivity index (χ1v) is 7.93. The van der Waals surface area contributed by atoms with Crippen LogP contribution in [0.25, 0.3) is 0 Å². The summed E-state index contributed by atoms with van der Waals surface area (Å²) >= 11 is 0. The predicted molar refractivity (Wildman–Crippen MR) is 82.7 cm³/mol. The van der Waals surface area contributed by atoms with Gasteiger partial charge in [0.05, 0.1) is 5.69 Å². The lowest BCUT2D eigenvalue weighted by molar-refractivity contribution is 0.456. The Balaban J connectivity index is 3.15. The van der Waals surface area contributed by atoms with E-state index in [1.54, 1.807) is 0 Å². The van der Waals surface area contributed by atoms with E-state index in [1.807, 2.05) is 0 Å². The fraction of sp³-hybridized carbons (Fsp3) is 0.812. The summed E-state index contributed by atoms with van der Waals surface area (Å²) in [6.45, 7) is 14.5. The van der Waals surface area contributed by atoms with Crippen LogP contribution in [0.1, 0.15) is 83.4 Å². The lowest BCUT2D eigenvalue weighted by atomic mass is 10.0. The number of aromatic nitrogens is 2. The average Bonchev–Trinajstić information content (AvgIpc) is 2.82. The molecule has 0 saturated carbocycles. The second kappa shape index (κ2) is 7.68. The van der Waals surface area contributed by atoms with Crippen molar-refractivity contribution in [2.45, 2.75) is 79.3 Å². The molecule has 0 aliphatic heterocycles. The highest BCUT2D eigenvalue weighted by Gasteiger charge is 2.21. The van der Waals surface area contributed by atoms with E-state index in [9.17, 15) is 0 Å². The molecule has 0 bridgehead atoms. The molecule has 0 radical (unpaired) electrons. The third-order valence-corrected chi connectivity index (χ3v) is 3.94. The van der Waals surface area contributed by atoms with Crippen molar-refractivity contribution < 1.29 is 0 Å². The molecule has 1 aromatic rings. The lowest BCUT2D eigenvalue weighted by Crippen LogP contribution is -2.21. The van der Waals surface area contributed by atoms with Crippen LogP contribution in [0.4, 0.5) is 0 Å². The van der Waals surface area contributed by atoms with Crippen molar-refractivity contribution >= 4 is 0 Å². The van der Waals surface area contributed by atoms with Gasteiger partial charge in [-0.05, 0) is 46.1 Å². The van der Waals surface area contributed by atoms with Crippen LogP contribution in [-0.2, 0) is 12.8 Å². The largest absolute Gasteiger partial charge is 0.310 e. The van der Waals surface area contributed by atoms with Crippen LogP contribution in [-0.4, -0.2) is 16.3 Å². The van der Waals surface area contributed by atoms with Crippen LogP contribution in [0.15, 0.2) is 0 Å². The molecule has 3 nitrogen and oxygen atoms in total. The molecule has 0 spiro atoms. The molecule has 2 atom stereocenters. The van der Waals surface area contributed by atoms with Crippen LogP contribution < -0.4 is 5.32 Å². The average molecular weight is 265 g/mol. The molecule has 0 fully saturated rings. The van der Waals surface area contributed by atoms with E-state index >= 15 is 0 Å². The molecular formula is C16H31N3. The molecule has 1 aromatic heterocycles. The molecular weight excluding hydrogens is 234 g/mol. The van der Waals surface area contributed by atoms with Crippen LogP contribution in [0.5, 0.6) is 0 Å². The van der Waals surface area contributed by atoms with Gasteiger partial charge in [0.25, 0.3) is 0 Å². The van der Waals surface area contributed by atoms with E-state index in [2.05, 4.69) is 51.5 Å². The van der Waals surface area contributed by atoms with Gasteiger partial charge in [-0.1, -0.05) is 27.7 Å². The number of rotatable bonds is 8. The van der Waals surface area contributed by atoms with Gasteiger partial charge in [-0.2, -0.15) is 5.10 Å². The maximum Gasteiger partial charge on any atom is 0.0672 e. The van der Waals surface area contributed by atoms with E-state index in [4.69, 9.17) is 5.10 Å². The van der Waals surface area contributed by atoms with Crippen molar-refractivity contribution in [2.24, 2.45) is 0 Å². The number of nitrogens with one attached hydrogen (secondary N) is 1. The molecule has 19 heavy (non-hydrogen) atoms. The van der Waals surface area contributed by atoms with Gasteiger partial charge < -0.3 is 5.32 Å². The van der Waals surface area contributed by atoms with Gasteiger partial charge in [-0.3, -0.25) is 4.68 Å². The second-order valence-electron chi connectivity index (χ2n) is 5.39. The van der Waals surface area contributed by atoms with Crippen LogP contribution >= 0.6 is 0 Å². The van der Waals surface area contributed by atoms with Gasteiger partial charge >= 0.3 is 0 Å². The highest BCUT2D eigenvalue weighted by molar-refractivity contribution is 5.30. The van der Waals surface area contributed by atoms with Crippen molar-refractivity contribution in [1.82, 2.24) is 15.1 Å². The smallest absolute Gasteiger partial charge is 0.0672 e. The molecule has 0 aliphatic rings. The van der Waals surface area contributed by atoms with Gasteiger partial charge in [-0.25, -0.2) is 0 Å². The summed E-state index contributed by atoms with van der Waals surface area (Å²) in [6, 6.07) is 0.898. The van der Waals surface area contributed by atoms with Gasteiger partial charge in [-0.15, -0.1) is 0 Å². The molecule has 0 saturated heterocycles. The topological polar surface area (TPSA) is 29.9 Å². The maximum atomic E-state index is 4.88. The summed E-state index contributed by atoms with van der Waals surface area (Å²) in [5.41, 5.74) is 4.13. The Hall–Kier alpha value is -0.830. The number of aryl methyl sites for hydroxylation is 1. The normalized spacial score (nSPS) is 14.6. The molecule has 1 heterocycles. The first kappa shape index (κ1) is 16.2. The number of hydrogen-bond acceptors (Lipinski definition) is 2. The minimum Gasteiger partial charge on any atom is -0.310 e. The molecule has 0 amide bonds. The fourth-order valence-corrected chi connectivity index (χ4v) is 2.65. The Morgan fingerprint density at radius 3 is 2.26 bits per heavy atom. The van der Waals surface area contributed by atoms with Crippen LogP contribution in [0, 0.1) is 0 Å². The van der Waals surface area contributed by atoms with Gasteiger partial charge in [0.1, 0.15) is 0 Å². The molecule has 0 aliphatic carbocycles. The quantitative estimate of drug-likeness (QED) is 0.769. The first-order valence-electron chi connectivity index (χ1n) is 7.93. The maximum absolute atomic E-state index is 4.88. The summed E-state index contributed by atoms with van der Waals surface area (Å²) in [4.78, 5) is 0. The Labute approximate surface area is 118 Å². The summed E-state index contributed by atoms with van der Waals surface area (Å²) in [5, 5.41) is 8.49. The van der Waals surface area contributed by atoms with E-state index in [-0.39, 0.29) is 0 Å². The summed E-state index contributed by atoms with van der Waals surface area (Å²) in [5.74, 6) is 0. The standard InChI is InChI=1S/C16H31N3/c1-7-11-17-13(6)16-14(9-3)18-19(12(5)8-2)15(16)10-4/h12-13,17H,7-11H2,1-6H3. The number of nitrogens with zero attached hydrogens (tertiary/aromatic N) is 2. The molecule has 1 N–H and O–H groups in total. The van der Waals surface area contributed by atoms with E-state index in [0.29, 0.717) is 12.1 Å². The summed E-state index contributed by atoms with van der Waals surface area (Å²) < 4.78 is 2.26. The Morgan fingerprint density at radius 1 is 1.11 bits per heavy atom. The predicted octanol–water partition coefficient (Wildman–Crippen LogP) is 4.04. The third-order valence-electron chi connectivity index (χ3n) is 3.94. The zero-order valence-electron chi connectivity index (χ0n) is 13.6. The zero-order chi connectivity index (χ0) is 14.4. The van der Waals surface area contributed by atoms with E-state index in [1.165, 1.54) is 23.4 Å². The van der Waals surface area contributed by atoms with E-state index < -0.39 is 0 Å². The van der Waals surface area contributed by atoms with Crippen molar-refractivity contribution in [2.75, 3.05) is 6.54 Å². The summed E-state index contributed by atoms with van der Waals surface area (Å²) in [7, 11) is 0. The lowest BCUT2D eigenvalue weighted by Gasteiger charge is -2.17. The van der Waals surface area contributed by atoms with Crippen molar-refractivity contribution in [3.8, 4) is 0 Å². The van der Waals surface area contributed by atoms with Crippen molar-refractivity contribution in [1.29, 1.82) is 0 Å². The second-order valence-corrected chi connectivity index (χ2v) is 5.39. The van der Waals surface area contributed by atoms with E-state index in [0.717, 1.165) is 25.8 Å². The first-order chi connectivity index (χ1) is 9.10. The number of hydrogen-bond donors (Lipinski definition) is 1. The third kappa shape index (κ3) is 3.59. The van der Waals surface area contributed by atoms with Gasteiger partial charge in [0, 0.05) is 23.3 Å². The zero-order valence-corrected chi connectivity index (χ0v) is 13.6. The molecule has 110 valence electrons. The fourth-order valence-electron chi connectivity index (χ4n) is 2.65. The van der Waals surface area contributed by atoms with Gasteiger partial charge in [0.2, 0.25) is 0 Å². The Morgan fingerprint density at radius 2 is 1.79 bits per heavy atom. The SMILES string of the molecule is CCCNC(C)c1c(CC)nn(C(C)CC)c1CC.